The van der Waals surface area contributed by atoms with Gasteiger partial charge in [0.1, 0.15) is 0 Å². The summed E-state index contributed by atoms with van der Waals surface area (Å²) >= 11 is 3.53. The topological polar surface area (TPSA) is 44.5 Å². The lowest BCUT2D eigenvalue weighted by atomic mass is 9.93. The Balaban J connectivity index is 0.00000289. The molecule has 1 aromatic carbocycles. The van der Waals surface area contributed by atoms with Crippen molar-refractivity contribution in [2.24, 2.45) is 11.7 Å². The number of rotatable bonds is 5. The highest BCUT2D eigenvalue weighted by Crippen LogP contribution is 2.37. The molecule has 0 aliphatic heterocycles. The van der Waals surface area contributed by atoms with Gasteiger partial charge in [0.15, 0.2) is 11.5 Å². The van der Waals surface area contributed by atoms with Gasteiger partial charge in [-0.25, -0.2) is 0 Å². The van der Waals surface area contributed by atoms with Gasteiger partial charge in [0.2, 0.25) is 0 Å². The van der Waals surface area contributed by atoms with Gasteiger partial charge in [-0.1, -0.05) is 36.2 Å². The van der Waals surface area contributed by atoms with Crippen LogP contribution >= 0.6 is 28.3 Å². The van der Waals surface area contributed by atoms with Crippen LogP contribution in [0.4, 0.5) is 0 Å². The minimum Gasteiger partial charge on any atom is -0.493 e. The summed E-state index contributed by atoms with van der Waals surface area (Å²) in [5.74, 6) is 1.84. The minimum atomic E-state index is -0.00539. The fourth-order valence-corrected chi connectivity index (χ4v) is 2.27. The van der Waals surface area contributed by atoms with Gasteiger partial charge < -0.3 is 15.2 Å². The number of nitrogens with two attached hydrogens (primary N) is 1. The van der Waals surface area contributed by atoms with E-state index in [-0.39, 0.29) is 18.4 Å². The molecular weight excluding hydrogens is 318 g/mol. The summed E-state index contributed by atoms with van der Waals surface area (Å²) in [6.07, 6.45) is 1.04. The average Bonchev–Trinajstić information content (AvgIpc) is 2.36. The fourth-order valence-electron chi connectivity index (χ4n) is 1.69. The molecule has 0 aromatic heterocycles. The monoisotopic (exact) mass is 337 g/mol. The Labute approximate surface area is 124 Å². The highest BCUT2D eigenvalue weighted by Gasteiger charge is 2.18. The molecule has 0 bridgehead atoms. The maximum Gasteiger partial charge on any atom is 0.161 e. The van der Waals surface area contributed by atoms with Crippen LogP contribution in [-0.2, 0) is 0 Å². The summed E-state index contributed by atoms with van der Waals surface area (Å²) in [6, 6.07) is 3.84. The standard InChI is InChI=1S/C13H20BrNO2.ClH/c1-5-8(2)13(15)9-6-11(16-3)12(17-4)7-10(9)14;/h6-8,13H,5,15H2,1-4H3;1H/t8?,13-;/m0./s1. The van der Waals surface area contributed by atoms with Crippen LogP contribution in [0.1, 0.15) is 31.9 Å². The second-order valence-corrected chi connectivity index (χ2v) is 4.99. The van der Waals surface area contributed by atoms with Gasteiger partial charge in [0, 0.05) is 10.5 Å². The van der Waals surface area contributed by atoms with E-state index in [4.69, 9.17) is 15.2 Å². The Morgan fingerprint density at radius 3 is 2.17 bits per heavy atom. The predicted octanol–water partition coefficient (Wildman–Crippen LogP) is 3.93. The van der Waals surface area contributed by atoms with Crippen molar-refractivity contribution in [1.82, 2.24) is 0 Å². The molecule has 0 aliphatic carbocycles. The molecular formula is C13H21BrClNO2. The van der Waals surface area contributed by atoms with Crippen LogP contribution < -0.4 is 15.2 Å². The molecule has 2 atom stereocenters. The quantitative estimate of drug-likeness (QED) is 0.884. The van der Waals surface area contributed by atoms with E-state index >= 15 is 0 Å². The minimum absolute atomic E-state index is 0. The van der Waals surface area contributed by atoms with E-state index in [1.165, 1.54) is 0 Å². The molecule has 2 N–H and O–H groups in total. The van der Waals surface area contributed by atoms with Gasteiger partial charge in [-0.15, -0.1) is 12.4 Å². The molecule has 0 aliphatic rings. The Morgan fingerprint density at radius 1 is 1.22 bits per heavy atom. The van der Waals surface area contributed by atoms with E-state index in [0.29, 0.717) is 17.4 Å². The third-order valence-electron chi connectivity index (χ3n) is 3.12. The third kappa shape index (κ3) is 3.77. The summed E-state index contributed by atoms with van der Waals surface area (Å²) in [6.45, 7) is 4.28. The molecule has 3 nitrogen and oxygen atoms in total. The second kappa shape index (κ2) is 7.87. The summed E-state index contributed by atoms with van der Waals surface area (Å²) in [5.41, 5.74) is 7.29. The van der Waals surface area contributed by atoms with Crippen molar-refractivity contribution in [2.75, 3.05) is 14.2 Å². The zero-order chi connectivity index (χ0) is 13.0. The van der Waals surface area contributed by atoms with Crippen LogP contribution in [0.3, 0.4) is 0 Å². The van der Waals surface area contributed by atoms with Crippen molar-refractivity contribution < 1.29 is 9.47 Å². The molecule has 1 aromatic rings. The maximum absolute atomic E-state index is 6.24. The van der Waals surface area contributed by atoms with Crippen molar-refractivity contribution in [3.63, 3.8) is 0 Å². The van der Waals surface area contributed by atoms with Crippen molar-refractivity contribution in [3.05, 3.63) is 22.2 Å². The van der Waals surface area contributed by atoms with Gasteiger partial charge >= 0.3 is 0 Å². The lowest BCUT2D eigenvalue weighted by molar-refractivity contribution is 0.352. The SMILES string of the molecule is CCC(C)[C@H](N)c1cc(OC)c(OC)cc1Br.Cl. The Morgan fingerprint density at radius 2 is 1.72 bits per heavy atom. The molecule has 0 radical (unpaired) electrons. The molecule has 0 saturated heterocycles. The lowest BCUT2D eigenvalue weighted by Crippen LogP contribution is -2.19. The molecule has 0 fully saturated rings. The number of benzene rings is 1. The van der Waals surface area contributed by atoms with E-state index in [0.717, 1.165) is 16.5 Å². The largest absolute Gasteiger partial charge is 0.493 e. The van der Waals surface area contributed by atoms with Crippen molar-refractivity contribution in [1.29, 1.82) is 0 Å². The van der Waals surface area contributed by atoms with E-state index in [9.17, 15) is 0 Å². The number of ether oxygens (including phenoxy) is 2. The van der Waals surface area contributed by atoms with Crippen LogP contribution in [-0.4, -0.2) is 14.2 Å². The smallest absolute Gasteiger partial charge is 0.161 e. The highest BCUT2D eigenvalue weighted by atomic mass is 79.9. The van der Waals surface area contributed by atoms with Crippen LogP contribution in [0.5, 0.6) is 11.5 Å². The summed E-state index contributed by atoms with van der Waals surface area (Å²) in [7, 11) is 3.25. The van der Waals surface area contributed by atoms with Gasteiger partial charge in [-0.2, -0.15) is 0 Å². The normalized spacial score (nSPS) is 13.4. The summed E-state index contributed by atoms with van der Waals surface area (Å²) < 4.78 is 11.5. The van der Waals surface area contributed by atoms with Gasteiger partial charge in [0.25, 0.3) is 0 Å². The molecule has 18 heavy (non-hydrogen) atoms. The van der Waals surface area contributed by atoms with E-state index in [1.54, 1.807) is 14.2 Å². The molecule has 1 unspecified atom stereocenters. The summed E-state index contributed by atoms with van der Waals surface area (Å²) in [4.78, 5) is 0. The molecule has 0 amide bonds. The zero-order valence-electron chi connectivity index (χ0n) is 11.2. The first kappa shape index (κ1) is 17.6. The van der Waals surface area contributed by atoms with Crippen LogP contribution in [0.15, 0.2) is 16.6 Å². The number of methoxy groups -OCH3 is 2. The van der Waals surface area contributed by atoms with E-state index < -0.39 is 0 Å². The number of hydrogen-bond donors (Lipinski definition) is 1. The second-order valence-electron chi connectivity index (χ2n) is 4.14. The Hall–Kier alpha value is -0.450. The maximum atomic E-state index is 6.24. The average molecular weight is 339 g/mol. The predicted molar refractivity (Wildman–Crippen MR) is 80.9 cm³/mol. The first-order valence-electron chi connectivity index (χ1n) is 5.72. The van der Waals surface area contributed by atoms with Gasteiger partial charge in [-0.05, 0) is 23.6 Å². The fraction of sp³-hybridized carbons (Fsp3) is 0.538. The number of halogens is 2. The van der Waals surface area contributed by atoms with Crippen molar-refractivity contribution in [3.8, 4) is 11.5 Å². The molecule has 1 rings (SSSR count). The van der Waals surface area contributed by atoms with Crippen molar-refractivity contribution in [2.45, 2.75) is 26.3 Å². The van der Waals surface area contributed by atoms with Crippen LogP contribution in [0, 0.1) is 5.92 Å². The number of hydrogen-bond acceptors (Lipinski definition) is 3. The van der Waals surface area contributed by atoms with Crippen LogP contribution in [0.25, 0.3) is 0 Å². The lowest BCUT2D eigenvalue weighted by Gasteiger charge is -2.21. The van der Waals surface area contributed by atoms with Gasteiger partial charge in [-0.3, -0.25) is 0 Å². The van der Waals surface area contributed by atoms with E-state index in [1.807, 2.05) is 12.1 Å². The molecule has 104 valence electrons. The third-order valence-corrected chi connectivity index (χ3v) is 3.81. The van der Waals surface area contributed by atoms with Crippen molar-refractivity contribution >= 4 is 28.3 Å². The molecule has 0 saturated carbocycles. The Kier molecular flexibility index (Phi) is 7.67. The first-order valence-corrected chi connectivity index (χ1v) is 6.51. The van der Waals surface area contributed by atoms with E-state index in [2.05, 4.69) is 29.8 Å². The Bertz CT molecular complexity index is 387. The molecule has 5 heteroatoms. The molecule has 0 heterocycles. The van der Waals surface area contributed by atoms with Gasteiger partial charge in [0.05, 0.1) is 14.2 Å². The summed E-state index contributed by atoms with van der Waals surface area (Å²) in [5, 5.41) is 0. The van der Waals surface area contributed by atoms with Crippen LogP contribution in [0.2, 0.25) is 0 Å². The zero-order valence-corrected chi connectivity index (χ0v) is 13.6. The first-order chi connectivity index (χ1) is 8.04. The highest BCUT2D eigenvalue weighted by molar-refractivity contribution is 9.10. The molecule has 0 spiro atoms.